The fourth-order valence-corrected chi connectivity index (χ4v) is 2.03. The predicted molar refractivity (Wildman–Crippen MR) is 80.9 cm³/mol. The maximum atomic E-state index is 12.3. The molecule has 5 nitrogen and oxygen atoms in total. The average molecular weight is 284 g/mol. The Balaban J connectivity index is 2.12. The van der Waals surface area contributed by atoms with Crippen LogP contribution in [0.25, 0.3) is 0 Å². The largest absolute Gasteiger partial charge is 0.344 e. The third kappa shape index (κ3) is 3.84. The number of rotatable bonds is 5. The van der Waals surface area contributed by atoms with Gasteiger partial charge < -0.3 is 5.32 Å². The molecular formula is C16H20N4O. The van der Waals surface area contributed by atoms with Gasteiger partial charge in [-0.05, 0) is 31.0 Å². The lowest BCUT2D eigenvalue weighted by molar-refractivity contribution is 0.0934. The van der Waals surface area contributed by atoms with Gasteiger partial charge in [-0.2, -0.15) is 0 Å². The summed E-state index contributed by atoms with van der Waals surface area (Å²) in [4.78, 5) is 24.9. The number of nitrogens with zero attached hydrogens (tertiary/aromatic N) is 3. The van der Waals surface area contributed by atoms with Crippen molar-refractivity contribution in [3.8, 4) is 0 Å². The number of hydrogen-bond donors (Lipinski definition) is 1. The van der Waals surface area contributed by atoms with Crippen LogP contribution in [0, 0.1) is 6.92 Å². The first-order valence-electron chi connectivity index (χ1n) is 7.18. The van der Waals surface area contributed by atoms with Crippen molar-refractivity contribution < 1.29 is 4.79 Å². The summed E-state index contributed by atoms with van der Waals surface area (Å²) >= 11 is 0. The van der Waals surface area contributed by atoms with Gasteiger partial charge in [-0.15, -0.1) is 0 Å². The quantitative estimate of drug-likeness (QED) is 0.916. The third-order valence-electron chi connectivity index (χ3n) is 3.29. The fraction of sp³-hybridized carbons (Fsp3) is 0.375. The molecular weight excluding hydrogens is 264 g/mol. The van der Waals surface area contributed by atoms with Crippen LogP contribution in [-0.4, -0.2) is 20.9 Å². The summed E-state index contributed by atoms with van der Waals surface area (Å²) in [6.07, 6.45) is 6.43. The monoisotopic (exact) mass is 284 g/mol. The predicted octanol–water partition coefficient (Wildman–Crippen LogP) is 2.62. The Labute approximate surface area is 124 Å². The number of carbonyl (C=O) groups is 1. The molecule has 0 fully saturated rings. The second kappa shape index (κ2) is 6.92. The van der Waals surface area contributed by atoms with Gasteiger partial charge in [-0.1, -0.05) is 13.8 Å². The van der Waals surface area contributed by atoms with Crippen LogP contribution in [0.4, 0.5) is 0 Å². The molecule has 0 aliphatic rings. The number of aryl methyl sites for hydroxylation is 2. The van der Waals surface area contributed by atoms with Gasteiger partial charge in [-0.3, -0.25) is 9.78 Å². The minimum atomic E-state index is -0.173. The van der Waals surface area contributed by atoms with Crippen molar-refractivity contribution >= 4 is 5.91 Å². The van der Waals surface area contributed by atoms with Gasteiger partial charge in [0.15, 0.2) is 0 Å². The second-order valence-corrected chi connectivity index (χ2v) is 4.93. The van der Waals surface area contributed by atoms with Crippen molar-refractivity contribution in [2.45, 2.75) is 39.7 Å². The maximum Gasteiger partial charge on any atom is 0.254 e. The molecule has 0 radical (unpaired) electrons. The van der Waals surface area contributed by atoms with E-state index in [1.807, 2.05) is 32.9 Å². The van der Waals surface area contributed by atoms with Gasteiger partial charge in [0, 0.05) is 25.0 Å². The van der Waals surface area contributed by atoms with E-state index in [1.165, 1.54) is 0 Å². The summed E-state index contributed by atoms with van der Waals surface area (Å²) < 4.78 is 0. The van der Waals surface area contributed by atoms with E-state index < -0.39 is 0 Å². The molecule has 2 rings (SSSR count). The molecule has 1 atom stereocenters. The zero-order valence-electron chi connectivity index (χ0n) is 12.6. The van der Waals surface area contributed by atoms with Crippen LogP contribution < -0.4 is 5.32 Å². The summed E-state index contributed by atoms with van der Waals surface area (Å²) in [7, 11) is 0. The smallest absolute Gasteiger partial charge is 0.254 e. The number of carbonyl (C=O) groups excluding carboxylic acids is 1. The Morgan fingerprint density at radius 2 is 1.95 bits per heavy atom. The molecule has 0 bridgehead atoms. The normalized spacial score (nSPS) is 12.0. The summed E-state index contributed by atoms with van der Waals surface area (Å²) in [5.41, 5.74) is 2.47. The minimum absolute atomic E-state index is 0.108. The zero-order chi connectivity index (χ0) is 15.2. The van der Waals surface area contributed by atoms with Gasteiger partial charge in [-0.25, -0.2) is 9.97 Å². The van der Waals surface area contributed by atoms with Crippen molar-refractivity contribution in [3.05, 3.63) is 53.4 Å². The molecule has 0 aliphatic heterocycles. The Morgan fingerprint density at radius 1 is 1.24 bits per heavy atom. The summed E-state index contributed by atoms with van der Waals surface area (Å²) in [6.45, 7) is 6.01. The number of nitrogens with one attached hydrogen (secondary N) is 1. The zero-order valence-corrected chi connectivity index (χ0v) is 12.6. The molecule has 110 valence electrons. The van der Waals surface area contributed by atoms with Crippen LogP contribution in [0.2, 0.25) is 0 Å². The SMILES string of the molecule is CCc1ncc(C(=O)N[C@H](CC)c2cc(C)ccn2)cn1. The van der Waals surface area contributed by atoms with Crippen LogP contribution in [-0.2, 0) is 6.42 Å². The molecule has 2 aromatic heterocycles. The molecule has 5 heteroatoms. The highest BCUT2D eigenvalue weighted by atomic mass is 16.1. The van der Waals surface area contributed by atoms with E-state index in [4.69, 9.17) is 0 Å². The van der Waals surface area contributed by atoms with E-state index in [0.717, 1.165) is 29.9 Å². The molecule has 21 heavy (non-hydrogen) atoms. The van der Waals surface area contributed by atoms with E-state index in [9.17, 15) is 4.79 Å². The standard InChI is InChI=1S/C16H20N4O/c1-4-13(14-8-11(3)6-7-17-14)20-16(21)12-9-18-15(5-2)19-10-12/h6-10,13H,4-5H2,1-3H3,(H,20,21)/t13-/m1/s1. The number of aromatic nitrogens is 3. The highest BCUT2D eigenvalue weighted by molar-refractivity contribution is 5.93. The van der Waals surface area contributed by atoms with Gasteiger partial charge in [0.1, 0.15) is 5.82 Å². The summed E-state index contributed by atoms with van der Waals surface area (Å²) in [5.74, 6) is 0.562. The average Bonchev–Trinajstić information content (AvgIpc) is 2.52. The molecule has 0 saturated carbocycles. The number of hydrogen-bond acceptors (Lipinski definition) is 4. The molecule has 0 aromatic carbocycles. The maximum absolute atomic E-state index is 12.3. The van der Waals surface area contributed by atoms with Crippen LogP contribution in [0.5, 0.6) is 0 Å². The number of pyridine rings is 1. The van der Waals surface area contributed by atoms with Crippen molar-refractivity contribution in [2.24, 2.45) is 0 Å². The molecule has 0 unspecified atom stereocenters. The van der Waals surface area contributed by atoms with Crippen LogP contribution in [0.1, 0.15) is 53.7 Å². The lowest BCUT2D eigenvalue weighted by atomic mass is 10.1. The van der Waals surface area contributed by atoms with Crippen molar-refractivity contribution in [2.75, 3.05) is 0 Å². The first-order valence-corrected chi connectivity index (χ1v) is 7.18. The Hall–Kier alpha value is -2.30. The van der Waals surface area contributed by atoms with E-state index in [2.05, 4.69) is 20.3 Å². The Kier molecular flexibility index (Phi) is 4.98. The van der Waals surface area contributed by atoms with E-state index >= 15 is 0 Å². The molecule has 0 spiro atoms. The highest BCUT2D eigenvalue weighted by Gasteiger charge is 2.15. The summed E-state index contributed by atoms with van der Waals surface area (Å²) in [5, 5.41) is 2.98. The van der Waals surface area contributed by atoms with Crippen LogP contribution in [0.3, 0.4) is 0 Å². The van der Waals surface area contributed by atoms with E-state index in [0.29, 0.717) is 5.56 Å². The fourth-order valence-electron chi connectivity index (χ4n) is 2.03. The molecule has 1 N–H and O–H groups in total. The van der Waals surface area contributed by atoms with Gasteiger partial charge in [0.2, 0.25) is 0 Å². The topological polar surface area (TPSA) is 67.8 Å². The van der Waals surface area contributed by atoms with Crippen molar-refractivity contribution in [3.63, 3.8) is 0 Å². The molecule has 0 saturated heterocycles. The third-order valence-corrected chi connectivity index (χ3v) is 3.29. The lowest BCUT2D eigenvalue weighted by Crippen LogP contribution is -2.29. The van der Waals surface area contributed by atoms with E-state index in [-0.39, 0.29) is 11.9 Å². The second-order valence-electron chi connectivity index (χ2n) is 4.93. The van der Waals surface area contributed by atoms with Crippen LogP contribution >= 0.6 is 0 Å². The van der Waals surface area contributed by atoms with Gasteiger partial charge >= 0.3 is 0 Å². The van der Waals surface area contributed by atoms with E-state index in [1.54, 1.807) is 18.6 Å². The van der Waals surface area contributed by atoms with Gasteiger partial charge in [0.25, 0.3) is 5.91 Å². The number of amides is 1. The van der Waals surface area contributed by atoms with Gasteiger partial charge in [0.05, 0.1) is 17.3 Å². The molecule has 1 amide bonds. The molecule has 0 aliphatic carbocycles. The van der Waals surface area contributed by atoms with Crippen molar-refractivity contribution in [1.82, 2.24) is 20.3 Å². The lowest BCUT2D eigenvalue weighted by Gasteiger charge is -2.16. The Morgan fingerprint density at radius 3 is 2.52 bits per heavy atom. The first-order chi connectivity index (χ1) is 10.1. The highest BCUT2D eigenvalue weighted by Crippen LogP contribution is 2.15. The minimum Gasteiger partial charge on any atom is -0.344 e. The van der Waals surface area contributed by atoms with Crippen molar-refractivity contribution in [1.29, 1.82) is 0 Å². The Bertz CT molecular complexity index is 610. The van der Waals surface area contributed by atoms with Crippen LogP contribution in [0.15, 0.2) is 30.7 Å². The summed E-state index contributed by atoms with van der Waals surface area (Å²) in [6, 6.07) is 3.82. The molecule has 2 heterocycles. The first kappa shape index (κ1) is 15.1. The molecule has 2 aromatic rings.